The van der Waals surface area contributed by atoms with E-state index in [0.29, 0.717) is 0 Å². The summed E-state index contributed by atoms with van der Waals surface area (Å²) in [5.41, 5.74) is -0.131. The molecule has 2 unspecified atom stereocenters. The van der Waals surface area contributed by atoms with Crippen molar-refractivity contribution in [1.82, 2.24) is 0 Å². The number of benzene rings is 1. The highest BCUT2D eigenvalue weighted by Crippen LogP contribution is 2.25. The SMILES string of the molecule is CC(N=[P+]([O-])Oc1ccc([N+](=O)[O-])cc1)C(=O)O. The van der Waals surface area contributed by atoms with E-state index in [-0.39, 0.29) is 11.4 Å². The molecule has 1 rings (SSSR count). The fourth-order valence-electron chi connectivity index (χ4n) is 0.933. The van der Waals surface area contributed by atoms with Crippen molar-refractivity contribution >= 4 is 19.8 Å². The van der Waals surface area contributed by atoms with Gasteiger partial charge in [0, 0.05) is 12.1 Å². The van der Waals surface area contributed by atoms with E-state index < -0.39 is 25.1 Å². The van der Waals surface area contributed by atoms with Crippen LogP contribution in [0.2, 0.25) is 0 Å². The maximum Gasteiger partial charge on any atom is 0.395 e. The Morgan fingerprint density at radius 2 is 2.06 bits per heavy atom. The largest absolute Gasteiger partial charge is 0.575 e. The second-order valence-corrected chi connectivity index (χ2v) is 4.10. The zero-order valence-corrected chi connectivity index (χ0v) is 10.1. The van der Waals surface area contributed by atoms with E-state index in [1.165, 1.54) is 31.2 Å². The molecule has 2 atom stereocenters. The van der Waals surface area contributed by atoms with Crippen LogP contribution in [0.4, 0.5) is 5.69 Å². The number of carboxylic acid groups (broad SMARTS) is 1. The van der Waals surface area contributed by atoms with Gasteiger partial charge in [0.1, 0.15) is 0 Å². The van der Waals surface area contributed by atoms with Crippen LogP contribution in [0.1, 0.15) is 6.92 Å². The lowest BCUT2D eigenvalue weighted by Crippen LogP contribution is -2.13. The molecule has 0 radical (unpaired) electrons. The van der Waals surface area contributed by atoms with Crippen LogP contribution in [0.3, 0.4) is 0 Å². The van der Waals surface area contributed by atoms with Crippen LogP contribution >= 0.6 is 8.17 Å². The van der Waals surface area contributed by atoms with E-state index in [0.717, 1.165) is 0 Å². The zero-order valence-electron chi connectivity index (χ0n) is 9.22. The number of hydrogen-bond donors (Lipinski definition) is 1. The number of nitro groups is 1. The molecule has 8 nitrogen and oxygen atoms in total. The quantitative estimate of drug-likeness (QED) is 0.489. The second-order valence-electron chi connectivity index (χ2n) is 3.21. The van der Waals surface area contributed by atoms with Crippen molar-refractivity contribution in [3.63, 3.8) is 0 Å². The van der Waals surface area contributed by atoms with Crippen LogP contribution in [0.15, 0.2) is 29.0 Å². The third-order valence-corrected chi connectivity index (χ3v) is 2.76. The molecule has 96 valence electrons. The van der Waals surface area contributed by atoms with E-state index in [2.05, 4.69) is 4.74 Å². The Hall–Kier alpha value is -2.05. The molecule has 0 amide bonds. The van der Waals surface area contributed by atoms with Crippen molar-refractivity contribution in [2.45, 2.75) is 13.0 Å². The zero-order chi connectivity index (χ0) is 13.7. The molecule has 1 aromatic carbocycles. The molecular weight excluding hydrogens is 263 g/mol. The lowest BCUT2D eigenvalue weighted by atomic mass is 10.3. The number of nitro benzene ring substituents is 1. The Labute approximate surface area is 103 Å². The minimum Gasteiger partial charge on any atom is -0.575 e. The minimum absolute atomic E-state index is 0.114. The number of rotatable bonds is 5. The highest BCUT2D eigenvalue weighted by atomic mass is 31.1. The first-order valence-corrected chi connectivity index (χ1v) is 5.86. The lowest BCUT2D eigenvalue weighted by Gasteiger charge is -1.99. The molecule has 0 saturated carbocycles. The van der Waals surface area contributed by atoms with Crippen LogP contribution in [-0.4, -0.2) is 22.0 Å². The molecule has 0 aliphatic carbocycles. The third kappa shape index (κ3) is 4.08. The van der Waals surface area contributed by atoms with Gasteiger partial charge in [-0.05, 0) is 19.1 Å². The molecule has 1 aromatic rings. The van der Waals surface area contributed by atoms with Gasteiger partial charge < -0.3 is 10.00 Å². The van der Waals surface area contributed by atoms with Crippen LogP contribution < -0.4 is 9.42 Å². The summed E-state index contributed by atoms with van der Waals surface area (Å²) in [4.78, 5) is 31.6. The van der Waals surface area contributed by atoms with Crippen LogP contribution in [0.5, 0.6) is 5.75 Å². The topological polar surface area (TPSA) is 125 Å². The number of hydrogen-bond acceptors (Lipinski definition) is 6. The first-order valence-electron chi connectivity index (χ1n) is 4.73. The highest BCUT2D eigenvalue weighted by molar-refractivity contribution is 7.34. The van der Waals surface area contributed by atoms with E-state index >= 15 is 0 Å². The van der Waals surface area contributed by atoms with E-state index in [1.807, 2.05) is 0 Å². The summed E-state index contributed by atoms with van der Waals surface area (Å²) in [6.45, 7) is 1.26. The van der Waals surface area contributed by atoms with Gasteiger partial charge in [-0.15, -0.1) is 0 Å². The van der Waals surface area contributed by atoms with Crippen molar-refractivity contribution in [2.24, 2.45) is 4.74 Å². The summed E-state index contributed by atoms with van der Waals surface area (Å²) in [6, 6.07) is 3.73. The highest BCUT2D eigenvalue weighted by Gasteiger charge is 2.15. The summed E-state index contributed by atoms with van der Waals surface area (Å²) in [5.74, 6) is -1.10. The molecule has 0 aliphatic heterocycles. The lowest BCUT2D eigenvalue weighted by molar-refractivity contribution is -0.384. The number of nitrogens with zero attached hydrogens (tertiary/aromatic N) is 2. The molecule has 1 N–H and O–H groups in total. The van der Waals surface area contributed by atoms with Gasteiger partial charge >= 0.3 is 14.1 Å². The summed E-state index contributed by atoms with van der Waals surface area (Å²) in [5, 5.41) is 18.9. The fraction of sp³-hybridized carbons (Fsp3) is 0.222. The van der Waals surface area contributed by atoms with Gasteiger partial charge in [-0.25, -0.2) is 4.79 Å². The van der Waals surface area contributed by atoms with Gasteiger partial charge in [0.2, 0.25) is 0 Å². The Morgan fingerprint density at radius 3 is 2.50 bits per heavy atom. The van der Waals surface area contributed by atoms with Gasteiger partial charge in [0.25, 0.3) is 5.69 Å². The molecule has 0 fully saturated rings. The van der Waals surface area contributed by atoms with Crippen LogP contribution in [-0.2, 0) is 4.79 Å². The fourth-order valence-corrected chi connectivity index (χ4v) is 1.66. The second kappa shape index (κ2) is 6.04. The van der Waals surface area contributed by atoms with Crippen LogP contribution in [0, 0.1) is 10.1 Å². The summed E-state index contributed by atoms with van der Waals surface area (Å²) < 4.78 is 8.21. The van der Waals surface area contributed by atoms with Crippen molar-refractivity contribution in [1.29, 1.82) is 0 Å². The molecule has 0 bridgehead atoms. The molecule has 9 heteroatoms. The smallest absolute Gasteiger partial charge is 0.395 e. The summed E-state index contributed by atoms with van der Waals surface area (Å²) in [7, 11) is -2.53. The summed E-state index contributed by atoms with van der Waals surface area (Å²) >= 11 is 0. The first kappa shape index (κ1) is 14.0. The molecular formula is C9H9N2O6P. The molecule has 0 spiro atoms. The van der Waals surface area contributed by atoms with Gasteiger partial charge in [-0.2, -0.15) is 0 Å². The Bertz CT molecular complexity index is 486. The molecule has 0 aromatic heterocycles. The standard InChI is InChI=1S/C9H9N2O6P/c1-6(9(12)13)10-18(16)17-8-4-2-7(3-5-8)11(14)15/h2-6H,1H3,(H,12,13). The normalized spacial score (nSPS) is 12.9. The Morgan fingerprint density at radius 1 is 1.50 bits per heavy atom. The van der Waals surface area contributed by atoms with Gasteiger partial charge in [0.05, 0.1) is 4.92 Å². The van der Waals surface area contributed by atoms with Crippen molar-refractivity contribution in [2.75, 3.05) is 0 Å². The maximum atomic E-state index is 11.3. The third-order valence-electron chi connectivity index (χ3n) is 1.86. The number of non-ortho nitro benzene ring substituents is 1. The van der Waals surface area contributed by atoms with Crippen molar-refractivity contribution < 1.29 is 24.2 Å². The van der Waals surface area contributed by atoms with E-state index in [9.17, 15) is 19.8 Å². The maximum absolute atomic E-state index is 11.3. The van der Waals surface area contributed by atoms with E-state index in [4.69, 9.17) is 9.63 Å². The molecule has 0 aliphatic rings. The number of carbonyl (C=O) groups is 1. The average Bonchev–Trinajstić information content (AvgIpc) is 2.29. The Kier molecular flexibility index (Phi) is 4.70. The van der Waals surface area contributed by atoms with Crippen molar-refractivity contribution in [3.8, 4) is 5.75 Å². The van der Waals surface area contributed by atoms with Gasteiger partial charge in [-0.3, -0.25) is 14.6 Å². The Balaban J connectivity index is 2.73. The molecule has 0 heterocycles. The number of aliphatic carboxylic acids is 1. The summed E-state index contributed by atoms with van der Waals surface area (Å²) in [6.07, 6.45) is 0. The van der Waals surface area contributed by atoms with Crippen LogP contribution in [0.25, 0.3) is 0 Å². The minimum atomic E-state index is -2.53. The van der Waals surface area contributed by atoms with Crippen molar-refractivity contribution in [3.05, 3.63) is 34.4 Å². The van der Waals surface area contributed by atoms with E-state index in [1.54, 1.807) is 0 Å². The number of carboxylic acids is 1. The monoisotopic (exact) mass is 272 g/mol. The molecule has 0 saturated heterocycles. The predicted molar refractivity (Wildman–Crippen MR) is 60.2 cm³/mol. The van der Waals surface area contributed by atoms with Gasteiger partial charge in [-0.1, -0.05) is 4.74 Å². The predicted octanol–water partition coefficient (Wildman–Crippen LogP) is 1.30. The average molecular weight is 272 g/mol. The van der Waals surface area contributed by atoms with Gasteiger partial charge in [0.15, 0.2) is 11.8 Å². The first-order chi connectivity index (χ1) is 8.40. The molecule has 18 heavy (non-hydrogen) atoms.